The summed E-state index contributed by atoms with van der Waals surface area (Å²) in [7, 11) is 0. The van der Waals surface area contributed by atoms with Gasteiger partial charge in [-0.25, -0.2) is 9.36 Å². The van der Waals surface area contributed by atoms with Crippen molar-refractivity contribution in [2.45, 2.75) is 0 Å². The number of aromatic amines is 1. The summed E-state index contributed by atoms with van der Waals surface area (Å²) in [4.78, 5) is 5.05. The zero-order chi connectivity index (χ0) is 8.23. The van der Waals surface area contributed by atoms with Crippen molar-refractivity contribution < 1.29 is 0 Å². The molecule has 4 nitrogen and oxygen atoms in total. The fraction of sp³-hybridized carbons (Fsp3) is 0. The molecule has 0 aliphatic rings. The summed E-state index contributed by atoms with van der Waals surface area (Å²) in [5.41, 5.74) is 0. The first-order valence-corrected chi connectivity index (χ1v) is 4.16. The summed E-state index contributed by atoms with van der Waals surface area (Å²) < 4.78 is 3.97. The molecular weight excluding hydrogens is 172 g/mol. The van der Waals surface area contributed by atoms with E-state index in [0.29, 0.717) is 0 Å². The third-order valence-corrected chi connectivity index (χ3v) is 2.01. The maximum atomic E-state index is 3.97. The predicted molar refractivity (Wildman–Crippen MR) is 47.4 cm³/mol. The maximum Gasteiger partial charge on any atom is 0.148 e. The van der Waals surface area contributed by atoms with Crippen LogP contribution in [-0.4, -0.2) is 19.6 Å². The van der Waals surface area contributed by atoms with Crippen molar-refractivity contribution in [1.82, 2.24) is 19.6 Å². The molecule has 12 heavy (non-hydrogen) atoms. The number of H-pyrrole nitrogens is 1. The summed E-state index contributed by atoms with van der Waals surface area (Å²) in [6, 6.07) is 1.94. The summed E-state index contributed by atoms with van der Waals surface area (Å²) in [6.07, 6.45) is 7.05. The monoisotopic (exact) mass is 178 g/mol. The van der Waals surface area contributed by atoms with E-state index in [9.17, 15) is 0 Å². The Bertz CT molecular complexity index is 312. The van der Waals surface area contributed by atoms with Crippen LogP contribution < -0.4 is 0 Å². The van der Waals surface area contributed by atoms with Crippen molar-refractivity contribution in [3.63, 3.8) is 0 Å². The Balaban J connectivity index is 2.14. The highest BCUT2D eigenvalue weighted by Crippen LogP contribution is 2.07. The van der Waals surface area contributed by atoms with Crippen LogP contribution in [0.25, 0.3) is 12.2 Å². The van der Waals surface area contributed by atoms with Gasteiger partial charge in [-0.05, 0) is 29.8 Å². The Morgan fingerprint density at radius 2 is 2.42 bits per heavy atom. The van der Waals surface area contributed by atoms with Crippen molar-refractivity contribution in [1.29, 1.82) is 0 Å². The molecule has 60 valence electrons. The minimum absolute atomic E-state index is 0.753. The zero-order valence-corrected chi connectivity index (χ0v) is 6.95. The molecule has 0 aliphatic heterocycles. The van der Waals surface area contributed by atoms with Crippen LogP contribution in [0, 0.1) is 0 Å². The molecule has 1 N–H and O–H groups in total. The van der Waals surface area contributed by atoms with Crippen LogP contribution in [0.15, 0.2) is 18.6 Å². The molecule has 0 aliphatic carbocycles. The lowest BCUT2D eigenvalue weighted by Crippen LogP contribution is -1.72. The smallest absolute Gasteiger partial charge is 0.148 e. The van der Waals surface area contributed by atoms with Crippen LogP contribution in [0.1, 0.15) is 10.7 Å². The molecule has 5 heteroatoms. The van der Waals surface area contributed by atoms with Gasteiger partial charge in [0.15, 0.2) is 0 Å². The van der Waals surface area contributed by atoms with Crippen LogP contribution >= 0.6 is 11.5 Å². The molecule has 0 saturated carbocycles. The standard InChI is InChI=1S/C7H6N4S/c1(6-3-4-10-12-6)2-7-8-5-9-11-7/h1-5H,(H,8,9,11). The Morgan fingerprint density at radius 1 is 1.42 bits per heavy atom. The second-order valence-electron chi connectivity index (χ2n) is 2.12. The lowest BCUT2D eigenvalue weighted by molar-refractivity contribution is 1.08. The average Bonchev–Trinajstić information content (AvgIpc) is 2.74. The Morgan fingerprint density at radius 3 is 3.08 bits per heavy atom. The minimum Gasteiger partial charge on any atom is -0.260 e. The Labute approximate surface area is 73.1 Å². The van der Waals surface area contributed by atoms with Crippen LogP contribution in [0.5, 0.6) is 0 Å². The molecule has 0 fully saturated rings. The summed E-state index contributed by atoms with van der Waals surface area (Å²) >= 11 is 1.45. The van der Waals surface area contributed by atoms with Gasteiger partial charge in [0.1, 0.15) is 12.2 Å². The Hall–Kier alpha value is -1.49. The van der Waals surface area contributed by atoms with Crippen molar-refractivity contribution in [3.05, 3.63) is 29.3 Å². The third kappa shape index (κ3) is 1.57. The van der Waals surface area contributed by atoms with Gasteiger partial charge in [-0.1, -0.05) is 0 Å². The highest BCUT2D eigenvalue weighted by molar-refractivity contribution is 7.06. The highest BCUT2D eigenvalue weighted by atomic mass is 32.1. The fourth-order valence-electron chi connectivity index (χ4n) is 0.768. The third-order valence-electron chi connectivity index (χ3n) is 1.30. The molecule has 0 saturated heterocycles. The molecule has 0 spiro atoms. The number of aromatic nitrogens is 4. The second-order valence-corrected chi connectivity index (χ2v) is 2.98. The summed E-state index contributed by atoms with van der Waals surface area (Å²) in [5.74, 6) is 0.753. The molecule has 2 aromatic heterocycles. The lowest BCUT2D eigenvalue weighted by atomic mass is 10.4. The van der Waals surface area contributed by atoms with E-state index >= 15 is 0 Å². The molecule has 2 heterocycles. The Kier molecular flexibility index (Phi) is 1.96. The summed E-state index contributed by atoms with van der Waals surface area (Å²) in [5, 5.41) is 6.46. The van der Waals surface area contributed by atoms with E-state index in [2.05, 4.69) is 19.6 Å². The molecule has 0 atom stereocenters. The van der Waals surface area contributed by atoms with Gasteiger partial charge in [0.25, 0.3) is 0 Å². The van der Waals surface area contributed by atoms with Crippen molar-refractivity contribution in [3.8, 4) is 0 Å². The van der Waals surface area contributed by atoms with Crippen LogP contribution in [0.3, 0.4) is 0 Å². The average molecular weight is 178 g/mol. The lowest BCUT2D eigenvalue weighted by Gasteiger charge is -1.80. The van der Waals surface area contributed by atoms with E-state index in [4.69, 9.17) is 0 Å². The van der Waals surface area contributed by atoms with Gasteiger partial charge in [0, 0.05) is 11.1 Å². The van der Waals surface area contributed by atoms with E-state index in [1.807, 2.05) is 18.2 Å². The number of rotatable bonds is 2. The van der Waals surface area contributed by atoms with E-state index < -0.39 is 0 Å². The van der Waals surface area contributed by atoms with E-state index in [1.54, 1.807) is 6.20 Å². The minimum atomic E-state index is 0.753. The van der Waals surface area contributed by atoms with Gasteiger partial charge in [-0.2, -0.15) is 5.10 Å². The fourth-order valence-corrected chi connectivity index (χ4v) is 1.26. The topological polar surface area (TPSA) is 54.5 Å². The second kappa shape index (κ2) is 3.27. The van der Waals surface area contributed by atoms with E-state index in [-0.39, 0.29) is 0 Å². The number of nitrogens with zero attached hydrogens (tertiary/aromatic N) is 3. The summed E-state index contributed by atoms with van der Waals surface area (Å²) in [6.45, 7) is 0. The van der Waals surface area contributed by atoms with Gasteiger partial charge in [0.2, 0.25) is 0 Å². The predicted octanol–water partition coefficient (Wildman–Crippen LogP) is 1.43. The quantitative estimate of drug-likeness (QED) is 0.756. The normalized spacial score (nSPS) is 11.0. The largest absolute Gasteiger partial charge is 0.260 e. The van der Waals surface area contributed by atoms with Crippen molar-refractivity contribution >= 4 is 23.7 Å². The van der Waals surface area contributed by atoms with Crippen molar-refractivity contribution in [2.24, 2.45) is 0 Å². The van der Waals surface area contributed by atoms with E-state index in [1.165, 1.54) is 17.9 Å². The molecule has 2 aromatic rings. The number of hydrogen-bond donors (Lipinski definition) is 1. The van der Waals surface area contributed by atoms with Gasteiger partial charge in [0.05, 0.1) is 0 Å². The van der Waals surface area contributed by atoms with Crippen LogP contribution in [0.2, 0.25) is 0 Å². The number of hydrogen-bond acceptors (Lipinski definition) is 4. The highest BCUT2D eigenvalue weighted by Gasteiger charge is 1.89. The first-order chi connectivity index (χ1) is 5.95. The van der Waals surface area contributed by atoms with Gasteiger partial charge >= 0.3 is 0 Å². The molecule has 2 rings (SSSR count). The molecule has 0 amide bonds. The van der Waals surface area contributed by atoms with Crippen molar-refractivity contribution in [2.75, 3.05) is 0 Å². The molecule has 0 bridgehead atoms. The van der Waals surface area contributed by atoms with Crippen LogP contribution in [0.4, 0.5) is 0 Å². The van der Waals surface area contributed by atoms with Gasteiger partial charge in [-0.3, -0.25) is 5.10 Å². The molecule has 0 aromatic carbocycles. The maximum absolute atomic E-state index is 3.97. The van der Waals surface area contributed by atoms with E-state index in [0.717, 1.165) is 10.7 Å². The van der Waals surface area contributed by atoms with Crippen LogP contribution in [-0.2, 0) is 0 Å². The van der Waals surface area contributed by atoms with Gasteiger partial charge in [-0.15, -0.1) is 0 Å². The number of nitrogens with one attached hydrogen (secondary N) is 1. The first-order valence-electron chi connectivity index (χ1n) is 3.39. The van der Waals surface area contributed by atoms with Gasteiger partial charge < -0.3 is 0 Å². The first kappa shape index (κ1) is 7.17. The molecular formula is C7H6N4S. The SMILES string of the molecule is C(=Cc1ccns1)c1ncn[nH]1. The zero-order valence-electron chi connectivity index (χ0n) is 6.14. The molecule has 0 radical (unpaired) electrons. The molecule has 0 unspecified atom stereocenters.